The normalized spacial score (nSPS) is 10.1. The Morgan fingerprint density at radius 2 is 2.36 bits per heavy atom. The molecule has 1 aromatic rings. The van der Waals surface area contributed by atoms with Gasteiger partial charge in [0.05, 0.1) is 0 Å². The molecular formula is C10H13ClN2O. The zero-order valence-electron chi connectivity index (χ0n) is 7.87. The first-order valence-electron chi connectivity index (χ1n) is 4.50. The van der Waals surface area contributed by atoms with Gasteiger partial charge in [-0.2, -0.15) is 0 Å². The maximum Gasteiger partial charge on any atom is 0.137 e. The van der Waals surface area contributed by atoms with E-state index in [2.05, 4.69) is 4.98 Å². The average molecular weight is 213 g/mol. The number of hydrogen-bond acceptors (Lipinski definition) is 3. The second-order valence-corrected chi connectivity index (χ2v) is 3.47. The third kappa shape index (κ3) is 3.75. The monoisotopic (exact) mass is 212 g/mol. The minimum absolute atomic E-state index is 0.191. The average Bonchev–Trinajstić information content (AvgIpc) is 2.15. The molecule has 4 heteroatoms. The van der Waals surface area contributed by atoms with Crippen molar-refractivity contribution in [2.24, 2.45) is 0 Å². The van der Waals surface area contributed by atoms with Crippen molar-refractivity contribution in [3.8, 4) is 0 Å². The number of halogens is 1. The van der Waals surface area contributed by atoms with E-state index in [9.17, 15) is 4.79 Å². The molecule has 0 bridgehead atoms. The van der Waals surface area contributed by atoms with Gasteiger partial charge < -0.3 is 5.73 Å². The highest BCUT2D eigenvalue weighted by molar-refractivity contribution is 6.17. The van der Waals surface area contributed by atoms with E-state index >= 15 is 0 Å². The molecule has 2 N–H and O–H groups in total. The first-order chi connectivity index (χ1) is 6.72. The predicted octanol–water partition coefficient (Wildman–Crippen LogP) is 1.79. The molecular weight excluding hydrogens is 200 g/mol. The van der Waals surface area contributed by atoms with Gasteiger partial charge in [0, 0.05) is 24.9 Å². The van der Waals surface area contributed by atoms with Crippen molar-refractivity contribution in [1.29, 1.82) is 0 Å². The van der Waals surface area contributed by atoms with Crippen LogP contribution >= 0.6 is 11.6 Å². The number of alkyl halides is 1. The summed E-state index contributed by atoms with van der Waals surface area (Å²) < 4.78 is 0. The highest BCUT2D eigenvalue weighted by Gasteiger charge is 2.03. The third-order valence-corrected chi connectivity index (χ3v) is 2.10. The van der Waals surface area contributed by atoms with Crippen LogP contribution in [0.1, 0.15) is 18.4 Å². The van der Waals surface area contributed by atoms with Crippen molar-refractivity contribution in [3.63, 3.8) is 0 Å². The zero-order valence-corrected chi connectivity index (χ0v) is 8.63. The van der Waals surface area contributed by atoms with Gasteiger partial charge in [0.2, 0.25) is 0 Å². The van der Waals surface area contributed by atoms with Gasteiger partial charge in [-0.25, -0.2) is 4.98 Å². The van der Waals surface area contributed by atoms with E-state index in [1.165, 1.54) is 0 Å². The van der Waals surface area contributed by atoms with Gasteiger partial charge in [0.1, 0.15) is 11.6 Å². The number of anilines is 1. The first kappa shape index (κ1) is 11.0. The minimum atomic E-state index is 0.191. The molecule has 0 spiro atoms. The molecule has 0 atom stereocenters. The number of rotatable bonds is 5. The van der Waals surface area contributed by atoms with Crippen LogP contribution in [0.2, 0.25) is 0 Å². The maximum absolute atomic E-state index is 11.4. The molecule has 0 unspecified atom stereocenters. The molecule has 1 rings (SSSR count). The fourth-order valence-corrected chi connectivity index (χ4v) is 1.32. The van der Waals surface area contributed by atoms with E-state index in [0.29, 0.717) is 24.5 Å². The Balaban J connectivity index is 2.47. The van der Waals surface area contributed by atoms with Gasteiger partial charge in [-0.05, 0) is 24.1 Å². The lowest BCUT2D eigenvalue weighted by atomic mass is 10.1. The predicted molar refractivity (Wildman–Crippen MR) is 57.3 cm³/mol. The van der Waals surface area contributed by atoms with Crippen molar-refractivity contribution in [2.45, 2.75) is 19.3 Å². The molecule has 1 heterocycles. The van der Waals surface area contributed by atoms with Crippen molar-refractivity contribution in [2.75, 3.05) is 11.6 Å². The van der Waals surface area contributed by atoms with E-state index in [4.69, 9.17) is 17.3 Å². The van der Waals surface area contributed by atoms with Crippen LogP contribution in [0.25, 0.3) is 0 Å². The molecule has 76 valence electrons. The molecule has 0 radical (unpaired) electrons. The van der Waals surface area contributed by atoms with Gasteiger partial charge in [-0.3, -0.25) is 4.79 Å². The molecule has 0 saturated carbocycles. The molecule has 0 aliphatic heterocycles. The number of nitrogen functional groups attached to an aromatic ring is 1. The second kappa shape index (κ2) is 5.60. The van der Waals surface area contributed by atoms with Crippen LogP contribution in [0.4, 0.5) is 5.82 Å². The molecule has 14 heavy (non-hydrogen) atoms. The lowest BCUT2D eigenvalue weighted by Crippen LogP contribution is -2.03. The summed E-state index contributed by atoms with van der Waals surface area (Å²) in [6.07, 6.45) is 3.30. The number of pyridine rings is 1. The van der Waals surface area contributed by atoms with Crippen LogP contribution in [0, 0.1) is 0 Å². The van der Waals surface area contributed by atoms with Crippen molar-refractivity contribution in [1.82, 2.24) is 4.98 Å². The van der Waals surface area contributed by atoms with E-state index in [1.807, 2.05) is 0 Å². The number of nitrogens with zero attached hydrogens (tertiary/aromatic N) is 1. The second-order valence-electron chi connectivity index (χ2n) is 3.10. The number of carbonyl (C=O) groups excluding carboxylic acids is 1. The van der Waals surface area contributed by atoms with Gasteiger partial charge in [0.15, 0.2) is 0 Å². The molecule has 0 aliphatic carbocycles. The van der Waals surface area contributed by atoms with Crippen LogP contribution < -0.4 is 5.73 Å². The number of carbonyl (C=O) groups is 1. The number of hydrogen-bond donors (Lipinski definition) is 1. The molecule has 0 amide bonds. The summed E-state index contributed by atoms with van der Waals surface area (Å²) in [5.41, 5.74) is 6.40. The first-order valence-corrected chi connectivity index (χ1v) is 5.04. The topological polar surface area (TPSA) is 56.0 Å². The number of nitrogens with two attached hydrogens (primary N) is 1. The summed E-state index contributed by atoms with van der Waals surface area (Å²) >= 11 is 5.49. The fraction of sp³-hybridized carbons (Fsp3) is 0.400. The molecule has 0 fully saturated rings. The zero-order chi connectivity index (χ0) is 10.4. The van der Waals surface area contributed by atoms with E-state index in [1.54, 1.807) is 18.3 Å². The van der Waals surface area contributed by atoms with Crippen LogP contribution in [-0.4, -0.2) is 16.6 Å². The highest BCUT2D eigenvalue weighted by atomic mass is 35.5. The van der Waals surface area contributed by atoms with Gasteiger partial charge in [0.25, 0.3) is 0 Å². The number of aromatic nitrogens is 1. The van der Waals surface area contributed by atoms with Crippen LogP contribution in [0.15, 0.2) is 18.3 Å². The summed E-state index contributed by atoms with van der Waals surface area (Å²) in [6.45, 7) is 0. The fourth-order valence-electron chi connectivity index (χ4n) is 1.18. The largest absolute Gasteiger partial charge is 0.384 e. The van der Waals surface area contributed by atoms with Crippen molar-refractivity contribution in [3.05, 3.63) is 23.9 Å². The standard InChI is InChI=1S/C10H13ClN2O/c11-4-1-2-9(14)6-8-3-5-13-10(12)7-8/h3,5,7H,1-2,4,6H2,(H2,12,13). The summed E-state index contributed by atoms with van der Waals surface area (Å²) in [7, 11) is 0. The Morgan fingerprint density at radius 1 is 1.57 bits per heavy atom. The number of Topliss-reactive ketones (excluding diaryl/α,β-unsaturated/α-hetero) is 1. The van der Waals surface area contributed by atoms with E-state index in [-0.39, 0.29) is 5.78 Å². The smallest absolute Gasteiger partial charge is 0.137 e. The molecule has 1 aromatic heterocycles. The molecule has 0 aliphatic rings. The number of ketones is 1. The summed E-state index contributed by atoms with van der Waals surface area (Å²) in [5, 5.41) is 0. The van der Waals surface area contributed by atoms with Crippen LogP contribution in [0.3, 0.4) is 0 Å². The van der Waals surface area contributed by atoms with Gasteiger partial charge in [-0.1, -0.05) is 0 Å². The Hall–Kier alpha value is -1.09. The summed E-state index contributed by atoms with van der Waals surface area (Å²) in [6, 6.07) is 3.52. The Morgan fingerprint density at radius 3 is 3.00 bits per heavy atom. The van der Waals surface area contributed by atoms with Crippen molar-refractivity contribution < 1.29 is 4.79 Å². The van der Waals surface area contributed by atoms with Gasteiger partial charge >= 0.3 is 0 Å². The quantitative estimate of drug-likeness (QED) is 0.758. The lowest BCUT2D eigenvalue weighted by molar-refractivity contribution is -0.118. The highest BCUT2D eigenvalue weighted by Crippen LogP contribution is 2.06. The maximum atomic E-state index is 11.4. The molecule has 3 nitrogen and oxygen atoms in total. The van der Waals surface area contributed by atoms with E-state index < -0.39 is 0 Å². The van der Waals surface area contributed by atoms with Crippen LogP contribution in [-0.2, 0) is 11.2 Å². The summed E-state index contributed by atoms with van der Waals surface area (Å²) in [5.74, 6) is 1.17. The summed E-state index contributed by atoms with van der Waals surface area (Å²) in [4.78, 5) is 15.2. The third-order valence-electron chi connectivity index (χ3n) is 1.84. The Kier molecular flexibility index (Phi) is 4.40. The molecule has 0 saturated heterocycles. The lowest BCUT2D eigenvalue weighted by Gasteiger charge is -2.00. The Labute approximate surface area is 88.3 Å². The minimum Gasteiger partial charge on any atom is -0.384 e. The van der Waals surface area contributed by atoms with Gasteiger partial charge in [-0.15, -0.1) is 11.6 Å². The Bertz CT molecular complexity index is 315. The van der Waals surface area contributed by atoms with E-state index in [0.717, 1.165) is 12.0 Å². The van der Waals surface area contributed by atoms with Crippen molar-refractivity contribution >= 4 is 23.2 Å². The molecule has 0 aromatic carbocycles. The SMILES string of the molecule is Nc1cc(CC(=O)CCCCl)ccn1. The van der Waals surface area contributed by atoms with Crippen LogP contribution in [0.5, 0.6) is 0 Å².